The zero-order valence-corrected chi connectivity index (χ0v) is 12.9. The highest BCUT2D eigenvalue weighted by Gasteiger charge is 2.23. The second-order valence-corrected chi connectivity index (χ2v) is 7.13. The first-order valence-corrected chi connectivity index (χ1v) is 8.11. The molecule has 1 aliphatic carbocycles. The summed E-state index contributed by atoms with van der Waals surface area (Å²) < 4.78 is 5.29. The summed E-state index contributed by atoms with van der Waals surface area (Å²) in [5.74, 6) is 2.23. The van der Waals surface area contributed by atoms with Crippen LogP contribution in [0.1, 0.15) is 40.0 Å². The number of nitrogens with one attached hydrogen (secondary N) is 1. The zero-order valence-electron chi connectivity index (χ0n) is 12.1. The molecule has 0 aromatic carbocycles. The zero-order chi connectivity index (χ0) is 13.9. The largest absolute Gasteiger partial charge is 0.444 e. The van der Waals surface area contributed by atoms with Gasteiger partial charge in [0.2, 0.25) is 0 Å². The molecular weight excluding hydrogens is 260 g/mol. The molecule has 1 saturated carbocycles. The third-order valence-corrected chi connectivity index (χ3v) is 4.26. The SMILES string of the molecule is CC(C)(C)OC(=O)NCC(=C1CCC1)N1CCSC1. The lowest BCUT2D eigenvalue weighted by Crippen LogP contribution is -2.37. The van der Waals surface area contributed by atoms with Gasteiger partial charge in [-0.25, -0.2) is 4.79 Å². The molecule has 108 valence electrons. The molecule has 1 heterocycles. The maximum absolute atomic E-state index is 11.7. The van der Waals surface area contributed by atoms with Crippen molar-refractivity contribution in [2.75, 3.05) is 24.7 Å². The highest BCUT2D eigenvalue weighted by atomic mass is 32.2. The first-order chi connectivity index (χ1) is 8.96. The number of hydrogen-bond donors (Lipinski definition) is 1. The van der Waals surface area contributed by atoms with Gasteiger partial charge in [-0.3, -0.25) is 0 Å². The lowest BCUT2D eigenvalue weighted by molar-refractivity contribution is 0.0529. The van der Waals surface area contributed by atoms with Crippen molar-refractivity contribution in [1.29, 1.82) is 0 Å². The summed E-state index contributed by atoms with van der Waals surface area (Å²) >= 11 is 1.95. The lowest BCUT2D eigenvalue weighted by atomic mass is 9.90. The van der Waals surface area contributed by atoms with Gasteiger partial charge in [0.1, 0.15) is 5.60 Å². The van der Waals surface area contributed by atoms with Crippen LogP contribution in [0, 0.1) is 0 Å². The van der Waals surface area contributed by atoms with Gasteiger partial charge in [0, 0.05) is 18.0 Å². The Morgan fingerprint density at radius 1 is 1.42 bits per heavy atom. The minimum atomic E-state index is -0.433. The van der Waals surface area contributed by atoms with Crippen LogP contribution in [0.2, 0.25) is 0 Å². The highest BCUT2D eigenvalue weighted by molar-refractivity contribution is 7.99. The topological polar surface area (TPSA) is 41.6 Å². The number of thioether (sulfide) groups is 1. The Morgan fingerprint density at radius 3 is 2.63 bits per heavy atom. The molecular formula is C14H24N2O2S. The molecule has 0 atom stereocenters. The summed E-state index contributed by atoms with van der Waals surface area (Å²) in [6.45, 7) is 7.35. The van der Waals surface area contributed by atoms with Crippen LogP contribution in [0.15, 0.2) is 11.3 Å². The van der Waals surface area contributed by atoms with Crippen molar-refractivity contribution in [2.45, 2.75) is 45.6 Å². The average Bonchev–Trinajstić information content (AvgIpc) is 2.71. The normalized spacial score (nSPS) is 19.1. The molecule has 5 heteroatoms. The summed E-state index contributed by atoms with van der Waals surface area (Å²) in [7, 11) is 0. The fraction of sp³-hybridized carbons (Fsp3) is 0.786. The minimum Gasteiger partial charge on any atom is -0.444 e. The third kappa shape index (κ3) is 4.34. The third-order valence-electron chi connectivity index (χ3n) is 3.30. The quantitative estimate of drug-likeness (QED) is 0.865. The number of carbonyl (C=O) groups excluding carboxylic acids is 1. The Kier molecular flexibility index (Phi) is 4.66. The van der Waals surface area contributed by atoms with Crippen LogP contribution < -0.4 is 5.32 Å². The number of allylic oxidation sites excluding steroid dienone is 1. The van der Waals surface area contributed by atoms with Crippen LogP contribution in [-0.2, 0) is 4.74 Å². The molecule has 2 fully saturated rings. The fourth-order valence-corrected chi connectivity index (χ4v) is 3.18. The van der Waals surface area contributed by atoms with E-state index in [4.69, 9.17) is 4.74 Å². The van der Waals surface area contributed by atoms with E-state index in [0.717, 1.165) is 12.4 Å². The van der Waals surface area contributed by atoms with Gasteiger partial charge < -0.3 is 15.0 Å². The van der Waals surface area contributed by atoms with E-state index in [0.29, 0.717) is 6.54 Å². The molecule has 0 radical (unpaired) electrons. The monoisotopic (exact) mass is 284 g/mol. The van der Waals surface area contributed by atoms with Crippen LogP contribution >= 0.6 is 11.8 Å². The molecule has 1 N–H and O–H groups in total. The van der Waals surface area contributed by atoms with Gasteiger partial charge >= 0.3 is 6.09 Å². The van der Waals surface area contributed by atoms with E-state index in [9.17, 15) is 4.79 Å². The first kappa shape index (κ1) is 14.6. The second-order valence-electron chi connectivity index (χ2n) is 6.06. The van der Waals surface area contributed by atoms with Gasteiger partial charge in [0.25, 0.3) is 0 Å². The van der Waals surface area contributed by atoms with Gasteiger partial charge in [-0.05, 0) is 45.6 Å². The van der Waals surface area contributed by atoms with Gasteiger partial charge in [-0.15, -0.1) is 11.8 Å². The van der Waals surface area contributed by atoms with Crippen molar-refractivity contribution in [3.8, 4) is 0 Å². The number of nitrogens with zero attached hydrogens (tertiary/aromatic N) is 1. The van der Waals surface area contributed by atoms with E-state index in [1.165, 1.54) is 36.3 Å². The average molecular weight is 284 g/mol. The Balaban J connectivity index is 1.89. The Labute approximate surface area is 119 Å². The van der Waals surface area contributed by atoms with Crippen molar-refractivity contribution in [1.82, 2.24) is 10.2 Å². The number of ether oxygens (including phenoxy) is 1. The van der Waals surface area contributed by atoms with E-state index in [-0.39, 0.29) is 6.09 Å². The van der Waals surface area contributed by atoms with Crippen molar-refractivity contribution in [2.24, 2.45) is 0 Å². The molecule has 0 spiro atoms. The second kappa shape index (κ2) is 6.07. The fourth-order valence-electron chi connectivity index (χ4n) is 2.20. The number of rotatable bonds is 3. The standard InChI is InChI=1S/C14H24N2O2S/c1-14(2,3)18-13(17)15-9-12(11-5-4-6-11)16-7-8-19-10-16/h4-10H2,1-3H3,(H,15,17). The van der Waals surface area contributed by atoms with E-state index in [1.54, 1.807) is 0 Å². The molecule has 0 aromatic heterocycles. The van der Waals surface area contributed by atoms with E-state index in [2.05, 4.69) is 10.2 Å². The Morgan fingerprint density at radius 2 is 2.16 bits per heavy atom. The summed E-state index contributed by atoms with van der Waals surface area (Å²) in [5, 5.41) is 2.90. The highest BCUT2D eigenvalue weighted by Crippen LogP contribution is 2.32. The van der Waals surface area contributed by atoms with Crippen molar-refractivity contribution in [3.63, 3.8) is 0 Å². The van der Waals surface area contributed by atoms with Gasteiger partial charge in [-0.1, -0.05) is 0 Å². The predicted octanol–water partition coefficient (Wildman–Crippen LogP) is 2.96. The van der Waals surface area contributed by atoms with Crippen molar-refractivity contribution >= 4 is 17.9 Å². The van der Waals surface area contributed by atoms with Gasteiger partial charge in [0.05, 0.1) is 12.4 Å². The maximum atomic E-state index is 11.7. The van der Waals surface area contributed by atoms with Gasteiger partial charge in [0.15, 0.2) is 0 Å². The van der Waals surface area contributed by atoms with E-state index < -0.39 is 5.60 Å². The number of carbonyl (C=O) groups is 1. The molecule has 2 rings (SSSR count). The lowest BCUT2D eigenvalue weighted by Gasteiger charge is -2.29. The summed E-state index contributed by atoms with van der Waals surface area (Å²) in [4.78, 5) is 14.1. The van der Waals surface area contributed by atoms with Crippen LogP contribution in [0.5, 0.6) is 0 Å². The Hall–Kier alpha value is -0.840. The van der Waals surface area contributed by atoms with Crippen LogP contribution in [-0.4, -0.2) is 41.3 Å². The molecule has 1 aliphatic heterocycles. The van der Waals surface area contributed by atoms with Crippen molar-refractivity contribution < 1.29 is 9.53 Å². The van der Waals surface area contributed by atoms with E-state index >= 15 is 0 Å². The number of alkyl carbamates (subject to hydrolysis) is 1. The predicted molar refractivity (Wildman–Crippen MR) is 79.1 cm³/mol. The summed E-state index contributed by atoms with van der Waals surface area (Å²) in [6, 6.07) is 0. The van der Waals surface area contributed by atoms with Crippen LogP contribution in [0.3, 0.4) is 0 Å². The molecule has 0 bridgehead atoms. The minimum absolute atomic E-state index is 0.322. The molecule has 1 saturated heterocycles. The number of amides is 1. The van der Waals surface area contributed by atoms with Gasteiger partial charge in [-0.2, -0.15) is 0 Å². The van der Waals surface area contributed by atoms with Crippen molar-refractivity contribution in [3.05, 3.63) is 11.3 Å². The summed E-state index contributed by atoms with van der Waals surface area (Å²) in [6.07, 6.45) is 3.34. The molecule has 2 aliphatic rings. The molecule has 0 aromatic rings. The molecule has 4 nitrogen and oxygen atoms in total. The maximum Gasteiger partial charge on any atom is 0.407 e. The smallest absolute Gasteiger partial charge is 0.407 e. The molecule has 19 heavy (non-hydrogen) atoms. The van der Waals surface area contributed by atoms with Crippen LogP contribution in [0.25, 0.3) is 0 Å². The Bertz CT molecular complexity index is 362. The molecule has 0 unspecified atom stereocenters. The van der Waals surface area contributed by atoms with Crippen LogP contribution in [0.4, 0.5) is 4.79 Å². The summed E-state index contributed by atoms with van der Waals surface area (Å²) in [5.41, 5.74) is 2.40. The van der Waals surface area contributed by atoms with E-state index in [1.807, 2.05) is 32.5 Å². The molecule has 1 amide bonds. The first-order valence-electron chi connectivity index (χ1n) is 6.96. The number of hydrogen-bond acceptors (Lipinski definition) is 4.